The van der Waals surface area contributed by atoms with Crippen LogP contribution in [0.25, 0.3) is 0 Å². The third-order valence-electron chi connectivity index (χ3n) is 3.98. The number of carbonyl (C=O) groups is 2. The molecule has 0 spiro atoms. The molecule has 0 atom stereocenters. The van der Waals surface area contributed by atoms with Gasteiger partial charge >= 0.3 is 0 Å². The Hall–Kier alpha value is -3.22. The highest BCUT2D eigenvalue weighted by Gasteiger charge is 2.15. The Labute approximate surface area is 158 Å². The summed E-state index contributed by atoms with van der Waals surface area (Å²) >= 11 is 0. The highest BCUT2D eigenvalue weighted by atomic mass is 16.6. The number of anilines is 1. The molecular weight excluding hydrogens is 346 g/mol. The number of non-ortho nitro benzene ring substituents is 1. The van der Waals surface area contributed by atoms with Gasteiger partial charge in [0, 0.05) is 42.0 Å². The fourth-order valence-corrected chi connectivity index (χ4v) is 2.71. The fraction of sp³-hybridized carbons (Fsp3) is 0.300. The minimum atomic E-state index is -0.519. The summed E-state index contributed by atoms with van der Waals surface area (Å²) in [6.07, 6.45) is 1.75. The van der Waals surface area contributed by atoms with Gasteiger partial charge in [-0.05, 0) is 43.2 Å². The van der Waals surface area contributed by atoms with E-state index in [4.69, 9.17) is 0 Å². The van der Waals surface area contributed by atoms with Gasteiger partial charge < -0.3 is 10.2 Å². The largest absolute Gasteiger partial charge is 0.339 e. The average molecular weight is 369 g/mol. The van der Waals surface area contributed by atoms with Crippen molar-refractivity contribution in [3.05, 3.63) is 69.8 Å². The Balaban J connectivity index is 2.13. The number of nitro benzene ring substituents is 1. The van der Waals surface area contributed by atoms with Crippen molar-refractivity contribution in [1.29, 1.82) is 0 Å². The third-order valence-corrected chi connectivity index (χ3v) is 3.98. The SMILES string of the molecule is CCCN(CCC)C(=O)c1cccc(NC(=O)c2ccc([N+](=O)[O-])cc2)c1. The van der Waals surface area contributed by atoms with Gasteiger partial charge in [-0.25, -0.2) is 0 Å². The second kappa shape index (κ2) is 9.47. The third kappa shape index (κ3) is 5.37. The molecular formula is C20H23N3O4. The fourth-order valence-electron chi connectivity index (χ4n) is 2.71. The molecule has 1 N–H and O–H groups in total. The summed E-state index contributed by atoms with van der Waals surface area (Å²) in [7, 11) is 0. The molecule has 0 radical (unpaired) electrons. The van der Waals surface area contributed by atoms with Crippen molar-refractivity contribution < 1.29 is 14.5 Å². The molecule has 0 saturated heterocycles. The van der Waals surface area contributed by atoms with Crippen LogP contribution in [-0.2, 0) is 0 Å². The first-order chi connectivity index (χ1) is 13.0. The minimum absolute atomic E-state index is 0.0647. The lowest BCUT2D eigenvalue weighted by Gasteiger charge is -2.21. The smallest absolute Gasteiger partial charge is 0.269 e. The number of rotatable bonds is 8. The van der Waals surface area contributed by atoms with Crippen LogP contribution >= 0.6 is 0 Å². The van der Waals surface area contributed by atoms with Crippen molar-refractivity contribution in [2.45, 2.75) is 26.7 Å². The number of hydrogen-bond donors (Lipinski definition) is 1. The van der Waals surface area contributed by atoms with Crippen molar-refractivity contribution >= 4 is 23.2 Å². The predicted octanol–water partition coefficient (Wildman–Crippen LogP) is 4.11. The Morgan fingerprint density at radius 1 is 1.00 bits per heavy atom. The topological polar surface area (TPSA) is 92.6 Å². The van der Waals surface area contributed by atoms with Crippen LogP contribution in [0, 0.1) is 10.1 Å². The van der Waals surface area contributed by atoms with E-state index in [9.17, 15) is 19.7 Å². The van der Waals surface area contributed by atoms with E-state index in [1.54, 1.807) is 29.2 Å². The quantitative estimate of drug-likeness (QED) is 0.560. The Bertz CT molecular complexity index is 812. The Kier molecular flexibility index (Phi) is 7.05. The maximum absolute atomic E-state index is 12.7. The molecule has 142 valence electrons. The van der Waals surface area contributed by atoms with Crippen molar-refractivity contribution in [2.75, 3.05) is 18.4 Å². The first kappa shape index (κ1) is 20.1. The van der Waals surface area contributed by atoms with Gasteiger partial charge in [0.25, 0.3) is 17.5 Å². The van der Waals surface area contributed by atoms with Gasteiger partial charge in [-0.3, -0.25) is 19.7 Å². The van der Waals surface area contributed by atoms with Crippen LogP contribution in [0.2, 0.25) is 0 Å². The van der Waals surface area contributed by atoms with E-state index in [-0.39, 0.29) is 11.6 Å². The normalized spacial score (nSPS) is 10.3. The molecule has 0 saturated carbocycles. The number of carbonyl (C=O) groups excluding carboxylic acids is 2. The van der Waals surface area contributed by atoms with Crippen LogP contribution < -0.4 is 5.32 Å². The number of hydrogen-bond acceptors (Lipinski definition) is 4. The van der Waals surface area contributed by atoms with Gasteiger partial charge in [-0.15, -0.1) is 0 Å². The highest BCUT2D eigenvalue weighted by molar-refractivity contribution is 6.05. The molecule has 0 heterocycles. The molecule has 2 rings (SSSR count). The van der Waals surface area contributed by atoms with E-state index in [1.165, 1.54) is 24.3 Å². The zero-order valence-corrected chi connectivity index (χ0v) is 15.5. The zero-order chi connectivity index (χ0) is 19.8. The summed E-state index contributed by atoms with van der Waals surface area (Å²) in [5.41, 5.74) is 1.23. The van der Waals surface area contributed by atoms with Crippen LogP contribution in [0.4, 0.5) is 11.4 Å². The second-order valence-corrected chi connectivity index (χ2v) is 6.13. The molecule has 0 aliphatic carbocycles. The summed E-state index contributed by atoms with van der Waals surface area (Å²) in [6.45, 7) is 5.42. The maximum atomic E-state index is 12.7. The molecule has 7 heteroatoms. The monoisotopic (exact) mass is 369 g/mol. The van der Waals surface area contributed by atoms with Gasteiger partial charge in [0.05, 0.1) is 4.92 Å². The summed E-state index contributed by atoms with van der Waals surface area (Å²) < 4.78 is 0. The standard InChI is InChI=1S/C20H23N3O4/c1-3-12-22(13-4-2)20(25)16-6-5-7-17(14-16)21-19(24)15-8-10-18(11-9-15)23(26)27/h5-11,14H,3-4,12-13H2,1-2H3,(H,21,24). The molecule has 0 aliphatic rings. The first-order valence-corrected chi connectivity index (χ1v) is 8.91. The number of benzene rings is 2. The number of nitrogens with zero attached hydrogens (tertiary/aromatic N) is 2. The number of nitrogens with one attached hydrogen (secondary N) is 1. The molecule has 27 heavy (non-hydrogen) atoms. The van der Waals surface area contributed by atoms with Gasteiger partial charge in [0.1, 0.15) is 0 Å². The molecule has 7 nitrogen and oxygen atoms in total. The molecule has 0 unspecified atom stereocenters. The molecule has 0 aromatic heterocycles. The molecule has 0 aliphatic heterocycles. The van der Waals surface area contributed by atoms with Crippen molar-refractivity contribution in [3.8, 4) is 0 Å². The van der Waals surface area contributed by atoms with Crippen LogP contribution in [-0.4, -0.2) is 34.7 Å². The molecule has 2 amide bonds. The predicted molar refractivity (Wildman–Crippen MR) is 104 cm³/mol. The molecule has 2 aromatic carbocycles. The molecule has 0 bridgehead atoms. The summed E-state index contributed by atoms with van der Waals surface area (Å²) in [5.74, 6) is -0.460. The zero-order valence-electron chi connectivity index (χ0n) is 15.5. The van der Waals surface area contributed by atoms with Gasteiger partial charge in [0.15, 0.2) is 0 Å². The summed E-state index contributed by atoms with van der Waals surface area (Å²) in [5, 5.41) is 13.4. The maximum Gasteiger partial charge on any atom is 0.269 e. The molecule has 0 fully saturated rings. The van der Waals surface area contributed by atoms with Gasteiger partial charge in [0.2, 0.25) is 0 Å². The average Bonchev–Trinajstić information content (AvgIpc) is 2.67. The van der Waals surface area contributed by atoms with E-state index in [0.29, 0.717) is 29.9 Å². The lowest BCUT2D eigenvalue weighted by molar-refractivity contribution is -0.384. The van der Waals surface area contributed by atoms with Crippen LogP contribution in [0.3, 0.4) is 0 Å². The lowest BCUT2D eigenvalue weighted by Crippen LogP contribution is -2.32. The summed E-state index contributed by atoms with van der Waals surface area (Å²) in [4.78, 5) is 37.0. The Morgan fingerprint density at radius 3 is 2.19 bits per heavy atom. The number of amides is 2. The van der Waals surface area contributed by atoms with E-state index < -0.39 is 10.8 Å². The van der Waals surface area contributed by atoms with Crippen molar-refractivity contribution in [1.82, 2.24) is 4.90 Å². The highest BCUT2D eigenvalue weighted by Crippen LogP contribution is 2.16. The van der Waals surface area contributed by atoms with E-state index >= 15 is 0 Å². The van der Waals surface area contributed by atoms with Crippen molar-refractivity contribution in [3.63, 3.8) is 0 Å². The first-order valence-electron chi connectivity index (χ1n) is 8.91. The lowest BCUT2D eigenvalue weighted by atomic mass is 10.1. The molecule has 2 aromatic rings. The van der Waals surface area contributed by atoms with E-state index in [2.05, 4.69) is 5.32 Å². The van der Waals surface area contributed by atoms with Crippen LogP contribution in [0.5, 0.6) is 0 Å². The van der Waals surface area contributed by atoms with E-state index in [1.807, 2.05) is 13.8 Å². The summed E-state index contributed by atoms with van der Waals surface area (Å²) in [6, 6.07) is 12.1. The van der Waals surface area contributed by atoms with Gasteiger partial charge in [-0.2, -0.15) is 0 Å². The van der Waals surface area contributed by atoms with Gasteiger partial charge in [-0.1, -0.05) is 19.9 Å². The van der Waals surface area contributed by atoms with Crippen LogP contribution in [0.15, 0.2) is 48.5 Å². The van der Waals surface area contributed by atoms with E-state index in [0.717, 1.165) is 12.8 Å². The number of nitro groups is 1. The van der Waals surface area contributed by atoms with Crippen LogP contribution in [0.1, 0.15) is 47.4 Å². The van der Waals surface area contributed by atoms with Crippen molar-refractivity contribution in [2.24, 2.45) is 0 Å². The second-order valence-electron chi connectivity index (χ2n) is 6.13. The Morgan fingerprint density at radius 2 is 1.63 bits per heavy atom. The minimum Gasteiger partial charge on any atom is -0.339 e.